The Morgan fingerprint density at radius 3 is 2.35 bits per heavy atom. The highest BCUT2D eigenvalue weighted by Crippen LogP contribution is 2.28. The van der Waals surface area contributed by atoms with E-state index in [1.165, 1.54) is 0 Å². The van der Waals surface area contributed by atoms with Gasteiger partial charge in [0.1, 0.15) is 0 Å². The number of hydrogen-bond donors (Lipinski definition) is 0. The summed E-state index contributed by atoms with van der Waals surface area (Å²) in [4.78, 5) is 23.8. The van der Waals surface area contributed by atoms with E-state index < -0.39 is 5.92 Å². The number of halogens is 1. The minimum atomic E-state index is -0.403. The van der Waals surface area contributed by atoms with Gasteiger partial charge in [0.05, 0.1) is 13.0 Å². The molecule has 0 N–H and O–H groups in total. The van der Waals surface area contributed by atoms with Crippen LogP contribution in [0.15, 0.2) is 48.5 Å². The molecule has 1 unspecified atom stereocenters. The molecule has 0 bridgehead atoms. The number of esters is 1. The Labute approximate surface area is 141 Å². The summed E-state index contributed by atoms with van der Waals surface area (Å²) in [6.07, 6.45) is 0.0962. The summed E-state index contributed by atoms with van der Waals surface area (Å²) in [5.41, 5.74) is 2.45. The molecule has 23 heavy (non-hydrogen) atoms. The van der Waals surface area contributed by atoms with Crippen LogP contribution in [0.2, 0.25) is 5.02 Å². The summed E-state index contributed by atoms with van der Waals surface area (Å²) >= 11 is 6.18. The predicted molar refractivity (Wildman–Crippen MR) is 91.6 cm³/mol. The Kier molecular flexibility index (Phi) is 5.94. The van der Waals surface area contributed by atoms with E-state index in [0.29, 0.717) is 17.2 Å². The third kappa shape index (κ3) is 4.42. The lowest BCUT2D eigenvalue weighted by molar-refractivity contribution is -0.143. The summed E-state index contributed by atoms with van der Waals surface area (Å²) in [6, 6.07) is 14.8. The molecule has 120 valence electrons. The highest BCUT2D eigenvalue weighted by atomic mass is 35.5. The highest BCUT2D eigenvalue weighted by molar-refractivity contribution is 6.33. The van der Waals surface area contributed by atoms with Crippen molar-refractivity contribution in [3.8, 4) is 11.1 Å². The van der Waals surface area contributed by atoms with Crippen molar-refractivity contribution in [2.24, 2.45) is 5.92 Å². The van der Waals surface area contributed by atoms with Gasteiger partial charge in [0.15, 0.2) is 5.78 Å². The molecular formula is C19H19ClO3. The van der Waals surface area contributed by atoms with Crippen LogP contribution in [0.25, 0.3) is 11.1 Å². The van der Waals surface area contributed by atoms with E-state index in [0.717, 1.165) is 11.1 Å². The minimum absolute atomic E-state index is 0.0660. The van der Waals surface area contributed by atoms with Gasteiger partial charge in [-0.1, -0.05) is 61.0 Å². The fourth-order valence-electron chi connectivity index (χ4n) is 2.36. The van der Waals surface area contributed by atoms with Crippen molar-refractivity contribution in [3.63, 3.8) is 0 Å². The molecule has 0 aliphatic carbocycles. The molecule has 0 aliphatic rings. The lowest BCUT2D eigenvalue weighted by Crippen LogP contribution is -2.17. The first-order valence-electron chi connectivity index (χ1n) is 7.57. The van der Waals surface area contributed by atoms with E-state index in [1.807, 2.05) is 36.4 Å². The Morgan fingerprint density at radius 2 is 1.74 bits per heavy atom. The van der Waals surface area contributed by atoms with E-state index in [1.54, 1.807) is 26.0 Å². The van der Waals surface area contributed by atoms with Crippen molar-refractivity contribution in [1.29, 1.82) is 0 Å². The first-order chi connectivity index (χ1) is 11.0. The molecule has 2 aromatic rings. The number of carbonyl (C=O) groups excluding carboxylic acids is 2. The fraction of sp³-hybridized carbons (Fsp3) is 0.263. The molecule has 0 aromatic heterocycles. The number of hydrogen-bond acceptors (Lipinski definition) is 3. The van der Waals surface area contributed by atoms with Gasteiger partial charge in [-0.3, -0.25) is 9.59 Å². The van der Waals surface area contributed by atoms with Crippen LogP contribution in [-0.4, -0.2) is 18.4 Å². The number of ketones is 1. The molecule has 4 heteroatoms. The fourth-order valence-corrected chi connectivity index (χ4v) is 2.60. The molecule has 3 nitrogen and oxygen atoms in total. The average molecular weight is 331 g/mol. The summed E-state index contributed by atoms with van der Waals surface area (Å²) in [6.45, 7) is 3.81. The maximum atomic E-state index is 12.4. The molecule has 2 aromatic carbocycles. The van der Waals surface area contributed by atoms with Gasteiger partial charge in [-0.05, 0) is 18.6 Å². The first-order valence-corrected chi connectivity index (χ1v) is 7.95. The van der Waals surface area contributed by atoms with Crippen LogP contribution in [0, 0.1) is 5.92 Å². The molecule has 0 spiro atoms. The van der Waals surface area contributed by atoms with E-state index in [2.05, 4.69) is 0 Å². The number of rotatable bonds is 6. The van der Waals surface area contributed by atoms with Crippen LogP contribution >= 0.6 is 11.6 Å². The quantitative estimate of drug-likeness (QED) is 0.565. The van der Waals surface area contributed by atoms with Gasteiger partial charge in [-0.15, -0.1) is 0 Å². The van der Waals surface area contributed by atoms with Gasteiger partial charge < -0.3 is 4.74 Å². The van der Waals surface area contributed by atoms with E-state index in [-0.39, 0.29) is 18.2 Å². The zero-order valence-corrected chi connectivity index (χ0v) is 14.0. The molecule has 0 aliphatic heterocycles. The van der Waals surface area contributed by atoms with E-state index >= 15 is 0 Å². The summed E-state index contributed by atoms with van der Waals surface area (Å²) in [5.74, 6) is -0.815. The zero-order valence-electron chi connectivity index (χ0n) is 13.2. The first kappa shape index (κ1) is 17.2. The lowest BCUT2D eigenvalue weighted by atomic mass is 9.95. The average Bonchev–Trinajstić information content (AvgIpc) is 2.55. The Morgan fingerprint density at radius 1 is 1.09 bits per heavy atom. The molecular weight excluding hydrogens is 312 g/mol. The zero-order chi connectivity index (χ0) is 16.8. The van der Waals surface area contributed by atoms with Gasteiger partial charge in [0.2, 0.25) is 0 Å². The van der Waals surface area contributed by atoms with Crippen molar-refractivity contribution in [2.75, 3.05) is 6.61 Å². The summed E-state index contributed by atoms with van der Waals surface area (Å²) < 4.78 is 4.88. The van der Waals surface area contributed by atoms with Crippen LogP contribution in [0.5, 0.6) is 0 Å². The topological polar surface area (TPSA) is 43.4 Å². The van der Waals surface area contributed by atoms with Crippen molar-refractivity contribution in [1.82, 2.24) is 0 Å². The third-order valence-electron chi connectivity index (χ3n) is 3.58. The Hall–Kier alpha value is -2.13. The molecule has 0 amide bonds. The molecule has 2 rings (SSSR count). The van der Waals surface area contributed by atoms with Gasteiger partial charge in [-0.25, -0.2) is 0 Å². The summed E-state index contributed by atoms with van der Waals surface area (Å²) in [7, 11) is 0. The number of carbonyl (C=O) groups is 2. The van der Waals surface area contributed by atoms with E-state index in [9.17, 15) is 9.59 Å². The number of Topliss-reactive ketones (excluding diaryl/α,β-unsaturated/α-hetero) is 1. The monoisotopic (exact) mass is 330 g/mol. The second-order valence-electron chi connectivity index (χ2n) is 5.33. The van der Waals surface area contributed by atoms with Crippen LogP contribution in [0.4, 0.5) is 0 Å². The minimum Gasteiger partial charge on any atom is -0.466 e. The van der Waals surface area contributed by atoms with Crippen LogP contribution in [-0.2, 0) is 9.53 Å². The third-order valence-corrected chi connectivity index (χ3v) is 3.91. The Bertz CT molecular complexity index is 692. The lowest BCUT2D eigenvalue weighted by Gasteiger charge is -2.11. The van der Waals surface area contributed by atoms with Crippen LogP contribution in [0.3, 0.4) is 0 Å². The smallest absolute Gasteiger partial charge is 0.306 e. The maximum Gasteiger partial charge on any atom is 0.306 e. The molecule has 0 saturated heterocycles. The van der Waals surface area contributed by atoms with E-state index in [4.69, 9.17) is 16.3 Å². The second-order valence-corrected chi connectivity index (χ2v) is 5.74. The van der Waals surface area contributed by atoms with Crippen molar-refractivity contribution in [2.45, 2.75) is 20.3 Å². The van der Waals surface area contributed by atoms with Gasteiger partial charge in [-0.2, -0.15) is 0 Å². The Balaban J connectivity index is 2.11. The van der Waals surface area contributed by atoms with Crippen molar-refractivity contribution >= 4 is 23.4 Å². The van der Waals surface area contributed by atoms with Crippen LogP contribution in [0.1, 0.15) is 30.6 Å². The SMILES string of the molecule is CCOC(=O)CC(C)C(=O)c1ccc(-c2ccccc2Cl)cc1. The number of ether oxygens (including phenoxy) is 1. The van der Waals surface area contributed by atoms with Crippen molar-refractivity contribution in [3.05, 3.63) is 59.1 Å². The normalized spacial score (nSPS) is 11.8. The second kappa shape index (κ2) is 7.93. The molecule has 0 fully saturated rings. The molecule has 1 atom stereocenters. The van der Waals surface area contributed by atoms with Gasteiger partial charge in [0, 0.05) is 22.1 Å². The predicted octanol–water partition coefficient (Wildman–Crippen LogP) is 4.78. The highest BCUT2D eigenvalue weighted by Gasteiger charge is 2.19. The van der Waals surface area contributed by atoms with Gasteiger partial charge in [0.25, 0.3) is 0 Å². The standard InChI is InChI=1S/C19H19ClO3/c1-3-23-18(21)12-13(2)19(22)15-10-8-14(9-11-15)16-6-4-5-7-17(16)20/h4-11,13H,3,12H2,1-2H3. The van der Waals surface area contributed by atoms with Crippen molar-refractivity contribution < 1.29 is 14.3 Å². The van der Waals surface area contributed by atoms with Crippen LogP contribution < -0.4 is 0 Å². The molecule has 0 radical (unpaired) electrons. The maximum absolute atomic E-state index is 12.4. The molecule has 0 saturated carbocycles. The summed E-state index contributed by atoms with van der Waals surface area (Å²) in [5, 5.41) is 0.669. The molecule has 0 heterocycles. The van der Waals surface area contributed by atoms with Gasteiger partial charge >= 0.3 is 5.97 Å². The number of benzene rings is 2. The largest absolute Gasteiger partial charge is 0.466 e.